The number of ether oxygens (including phenoxy) is 3. The second-order valence-corrected chi connectivity index (χ2v) is 17.5. The summed E-state index contributed by atoms with van der Waals surface area (Å²) in [6, 6.07) is 56.6. The monoisotopic (exact) mass is 857 g/mol. The molecule has 2 saturated heterocycles. The van der Waals surface area contributed by atoms with Crippen molar-refractivity contribution >= 4 is 5.91 Å². The maximum Gasteiger partial charge on any atom is 0.229 e. The van der Waals surface area contributed by atoms with Gasteiger partial charge in [0.15, 0.2) is 0 Å². The lowest BCUT2D eigenvalue weighted by molar-refractivity contribution is -0.132. The van der Waals surface area contributed by atoms with E-state index in [1.165, 1.54) is 35.1 Å². The van der Waals surface area contributed by atoms with Gasteiger partial charge in [0.25, 0.3) is 0 Å². The van der Waals surface area contributed by atoms with Gasteiger partial charge in [0, 0.05) is 59.7 Å². The van der Waals surface area contributed by atoms with Crippen LogP contribution in [-0.2, 0) is 22.4 Å². The first kappa shape index (κ1) is 44.7. The van der Waals surface area contributed by atoms with Gasteiger partial charge in [0.2, 0.25) is 5.91 Å². The fourth-order valence-corrected chi connectivity index (χ4v) is 11.1. The van der Waals surface area contributed by atoms with Crippen molar-refractivity contribution in [1.82, 2.24) is 15.5 Å². The Morgan fingerprint density at radius 3 is 1.89 bits per heavy atom. The van der Waals surface area contributed by atoms with E-state index in [1.807, 2.05) is 84.6 Å². The average Bonchev–Trinajstić information content (AvgIpc) is 3.84. The summed E-state index contributed by atoms with van der Waals surface area (Å²) in [5.41, 5.74) is 5.15. The number of rotatable bonds is 12. The van der Waals surface area contributed by atoms with E-state index < -0.39 is 5.60 Å². The zero-order valence-corrected chi connectivity index (χ0v) is 37.7. The van der Waals surface area contributed by atoms with Crippen molar-refractivity contribution in [2.24, 2.45) is 11.8 Å². The van der Waals surface area contributed by atoms with Gasteiger partial charge in [0.05, 0.1) is 32.8 Å². The number of benzene rings is 6. The van der Waals surface area contributed by atoms with E-state index in [1.54, 1.807) is 21.3 Å². The molecule has 9 rings (SSSR count). The molecule has 3 fully saturated rings. The van der Waals surface area contributed by atoms with Crippen LogP contribution in [0.2, 0.25) is 0 Å². The lowest BCUT2D eigenvalue weighted by Gasteiger charge is -2.53. The van der Waals surface area contributed by atoms with Gasteiger partial charge in [-0.15, -0.1) is 0 Å². The molecule has 8 heteroatoms. The fourth-order valence-electron chi connectivity index (χ4n) is 11.1. The number of amides is 1. The molecule has 64 heavy (non-hydrogen) atoms. The third-order valence-electron chi connectivity index (χ3n) is 14.3. The average molecular weight is 858 g/mol. The number of nitrogens with one attached hydrogen (secondary N) is 2. The van der Waals surface area contributed by atoms with Gasteiger partial charge in [0.1, 0.15) is 17.2 Å². The number of methoxy groups -OCH3 is 3. The molecule has 1 saturated carbocycles. The molecule has 6 aromatic carbocycles. The van der Waals surface area contributed by atoms with Crippen LogP contribution in [0.1, 0.15) is 77.9 Å². The van der Waals surface area contributed by atoms with Gasteiger partial charge in [-0.25, -0.2) is 0 Å². The molecule has 0 unspecified atom stereocenters. The molecule has 332 valence electrons. The molecule has 3 N–H and O–H groups in total. The number of hydrogen-bond acceptors (Lipinski definition) is 7. The minimum absolute atomic E-state index is 0.0280. The van der Waals surface area contributed by atoms with E-state index in [9.17, 15) is 9.90 Å². The zero-order valence-electron chi connectivity index (χ0n) is 37.7. The molecule has 2 heterocycles. The van der Waals surface area contributed by atoms with Crippen LogP contribution < -0.4 is 24.8 Å². The lowest BCUT2D eigenvalue weighted by Crippen LogP contribution is -2.53. The first-order chi connectivity index (χ1) is 31.3. The highest BCUT2D eigenvalue weighted by atomic mass is 16.5. The largest absolute Gasteiger partial charge is 0.496 e. The normalized spacial score (nSPS) is 22.9. The standard InChI is InChI=1S/C37H39NO4.C19H24N2O/c1-26(29-18-10-12-20-33(29)41-2)35(39)38-24-31-32(25-38)37(40,30-19-11-13-21-34(30)42-3)23-22-36(31,27-14-6-4-7-15-27)28-16-8-5-9-17-28;1-22-18-12-6-5-10-16(18)14-21-17-11-7-13-20-19(17)15-8-3-2-4-9-15/h4-21,26,31-32,40H,22-25H2,1-3H3;2-6,8-10,12,17,19-21H,7,11,13-14H2,1H3/t26-,31-,32+,37+;17-,19-/m00/s1. The summed E-state index contributed by atoms with van der Waals surface area (Å²) < 4.78 is 16.8. The van der Waals surface area contributed by atoms with Gasteiger partial charge in [-0.1, -0.05) is 146 Å². The Hall–Kier alpha value is -5.93. The third-order valence-corrected chi connectivity index (χ3v) is 14.3. The smallest absolute Gasteiger partial charge is 0.229 e. The molecule has 8 nitrogen and oxygen atoms in total. The predicted octanol–water partition coefficient (Wildman–Crippen LogP) is 9.83. The molecule has 2 aliphatic heterocycles. The number of aliphatic hydroxyl groups is 1. The molecule has 3 aliphatic rings. The number of carbonyl (C=O) groups is 1. The number of piperidine rings is 1. The summed E-state index contributed by atoms with van der Waals surface area (Å²) in [5, 5.41) is 20.1. The van der Waals surface area contributed by atoms with Crippen molar-refractivity contribution in [3.05, 3.63) is 197 Å². The molecule has 0 aromatic heterocycles. The van der Waals surface area contributed by atoms with Crippen LogP contribution in [0.5, 0.6) is 17.2 Å². The second kappa shape index (κ2) is 20.3. The summed E-state index contributed by atoms with van der Waals surface area (Å²) in [6.45, 7) is 4.88. The van der Waals surface area contributed by atoms with Crippen LogP contribution in [0, 0.1) is 11.8 Å². The quantitative estimate of drug-likeness (QED) is 0.113. The van der Waals surface area contributed by atoms with Crippen molar-refractivity contribution in [1.29, 1.82) is 0 Å². The van der Waals surface area contributed by atoms with Gasteiger partial charge >= 0.3 is 0 Å². The summed E-state index contributed by atoms with van der Waals surface area (Å²) in [7, 11) is 5.02. The summed E-state index contributed by atoms with van der Waals surface area (Å²) in [6.07, 6.45) is 3.69. The van der Waals surface area contributed by atoms with Gasteiger partial charge in [-0.2, -0.15) is 0 Å². The van der Waals surface area contributed by atoms with Gasteiger partial charge < -0.3 is 34.9 Å². The third kappa shape index (κ3) is 8.92. The summed E-state index contributed by atoms with van der Waals surface area (Å²) in [4.78, 5) is 16.3. The molecular weight excluding hydrogens is 795 g/mol. The zero-order chi connectivity index (χ0) is 44.5. The summed E-state index contributed by atoms with van der Waals surface area (Å²) in [5.74, 6) is 1.77. The minimum atomic E-state index is -1.16. The van der Waals surface area contributed by atoms with Crippen LogP contribution in [0.3, 0.4) is 0 Å². The van der Waals surface area contributed by atoms with Crippen molar-refractivity contribution in [2.75, 3.05) is 41.0 Å². The maximum absolute atomic E-state index is 14.3. The first-order valence-electron chi connectivity index (χ1n) is 22.8. The Balaban J connectivity index is 0.000000214. The van der Waals surface area contributed by atoms with Gasteiger partial charge in [-0.05, 0) is 80.0 Å². The topological polar surface area (TPSA) is 92.3 Å². The molecule has 0 bridgehead atoms. The van der Waals surface area contributed by atoms with E-state index in [0.29, 0.717) is 43.1 Å². The number of hydrogen-bond donors (Lipinski definition) is 3. The molecule has 0 radical (unpaired) electrons. The van der Waals surface area contributed by atoms with Crippen LogP contribution in [0.4, 0.5) is 0 Å². The van der Waals surface area contributed by atoms with Crippen molar-refractivity contribution in [3.8, 4) is 17.2 Å². The van der Waals surface area contributed by atoms with Crippen LogP contribution in [0.15, 0.2) is 164 Å². The molecule has 6 aromatic rings. The highest BCUT2D eigenvalue weighted by Crippen LogP contribution is 2.60. The molecular formula is C56H63N3O5. The lowest BCUT2D eigenvalue weighted by atomic mass is 9.52. The van der Waals surface area contributed by atoms with Gasteiger partial charge in [-0.3, -0.25) is 4.79 Å². The Morgan fingerprint density at radius 1 is 0.688 bits per heavy atom. The van der Waals surface area contributed by atoms with E-state index in [0.717, 1.165) is 36.4 Å². The Bertz CT molecular complexity index is 2390. The maximum atomic E-state index is 14.3. The number of para-hydroxylation sites is 3. The molecule has 1 aliphatic carbocycles. The summed E-state index contributed by atoms with van der Waals surface area (Å²) >= 11 is 0. The number of fused-ring (bicyclic) bond motifs is 1. The Kier molecular flexibility index (Phi) is 14.2. The number of carbonyl (C=O) groups excluding carboxylic acids is 1. The highest BCUT2D eigenvalue weighted by molar-refractivity contribution is 5.84. The number of nitrogens with zero attached hydrogens (tertiary/aromatic N) is 1. The first-order valence-corrected chi connectivity index (χ1v) is 22.8. The molecule has 0 spiro atoms. The highest BCUT2D eigenvalue weighted by Gasteiger charge is 2.61. The Labute approximate surface area is 379 Å². The van der Waals surface area contributed by atoms with Crippen LogP contribution in [-0.4, -0.2) is 62.9 Å². The van der Waals surface area contributed by atoms with E-state index >= 15 is 0 Å². The van der Waals surface area contributed by atoms with Crippen LogP contribution in [0.25, 0.3) is 0 Å². The number of likely N-dealkylation sites (tertiary alicyclic amines) is 1. The predicted molar refractivity (Wildman–Crippen MR) is 255 cm³/mol. The fraction of sp³-hybridized carbons (Fsp3) is 0.339. The minimum Gasteiger partial charge on any atom is -0.496 e. The Morgan fingerprint density at radius 2 is 1.23 bits per heavy atom. The van der Waals surface area contributed by atoms with Crippen LogP contribution >= 0.6 is 0 Å². The van der Waals surface area contributed by atoms with Crippen molar-refractivity contribution in [2.45, 2.75) is 68.2 Å². The molecule has 1 amide bonds. The molecule has 6 atom stereocenters. The van der Waals surface area contributed by atoms with E-state index in [4.69, 9.17) is 14.2 Å². The SMILES string of the molecule is COc1ccccc1CN[C@H]1CCCN[C@H]1c1ccccc1.COc1ccccc1[C@H](C)C(=O)N1C[C@@H]2[C@H](C1)C(c1ccccc1)(c1ccccc1)CC[C@@]2(O)c1ccccc1OC. The van der Waals surface area contributed by atoms with E-state index in [-0.39, 0.29) is 29.1 Å². The van der Waals surface area contributed by atoms with Crippen molar-refractivity contribution in [3.63, 3.8) is 0 Å². The van der Waals surface area contributed by atoms with E-state index in [2.05, 4.69) is 102 Å². The van der Waals surface area contributed by atoms with Crippen molar-refractivity contribution < 1.29 is 24.1 Å². The second-order valence-electron chi connectivity index (χ2n) is 17.5.